The van der Waals surface area contributed by atoms with Crippen LogP contribution in [0.5, 0.6) is 0 Å². The second-order valence-electron chi connectivity index (χ2n) is 9.13. The maximum Gasteiger partial charge on any atom is 0.0662 e. The summed E-state index contributed by atoms with van der Waals surface area (Å²) in [5.41, 5.74) is 5.12. The summed E-state index contributed by atoms with van der Waals surface area (Å²) in [4.78, 5) is 7.94. The maximum atomic E-state index is 5.20. The smallest absolute Gasteiger partial charge is 0.0662 e. The summed E-state index contributed by atoms with van der Waals surface area (Å²) in [7, 11) is 0. The summed E-state index contributed by atoms with van der Waals surface area (Å²) in [5.74, 6) is 0.942. The van der Waals surface area contributed by atoms with E-state index in [1.165, 1.54) is 80.6 Å². The van der Waals surface area contributed by atoms with Gasteiger partial charge in [0.1, 0.15) is 0 Å². The SMILES string of the molecule is CCCCC/C(CC)=N/C(=C\CC(CC)N1CCC(CC)CC1)c1ccc(C)cc1. The van der Waals surface area contributed by atoms with E-state index in [-0.39, 0.29) is 0 Å². The standard InChI is InChI=1S/C28H46N2/c1-6-10-11-12-26(8-3)29-28(25-15-13-23(5)14-16-25)18-17-27(9-4)30-21-19-24(7-2)20-22-30/h13-16,18,24,27H,6-12,17,19-22H2,1-5H3/b28-18-,29-26+. The van der Waals surface area contributed by atoms with Crippen LogP contribution in [0.3, 0.4) is 0 Å². The van der Waals surface area contributed by atoms with E-state index in [1.54, 1.807) is 0 Å². The van der Waals surface area contributed by atoms with Gasteiger partial charge in [0.2, 0.25) is 0 Å². The number of hydrogen-bond donors (Lipinski definition) is 0. The number of likely N-dealkylation sites (tertiary alicyclic amines) is 1. The molecule has 1 unspecified atom stereocenters. The van der Waals surface area contributed by atoms with E-state index in [1.807, 2.05) is 0 Å². The second-order valence-corrected chi connectivity index (χ2v) is 9.13. The molecule has 1 saturated heterocycles. The predicted molar refractivity (Wildman–Crippen MR) is 134 cm³/mol. The maximum absolute atomic E-state index is 5.20. The fraction of sp³-hybridized carbons (Fsp3) is 0.679. The highest BCUT2D eigenvalue weighted by atomic mass is 15.2. The minimum absolute atomic E-state index is 0.642. The number of unbranched alkanes of at least 4 members (excludes halogenated alkanes) is 2. The van der Waals surface area contributed by atoms with E-state index >= 15 is 0 Å². The Morgan fingerprint density at radius 3 is 2.33 bits per heavy atom. The van der Waals surface area contributed by atoms with Crippen molar-refractivity contribution in [3.05, 3.63) is 41.5 Å². The van der Waals surface area contributed by atoms with Crippen LogP contribution in [0.1, 0.15) is 103 Å². The fourth-order valence-corrected chi connectivity index (χ4v) is 4.56. The van der Waals surface area contributed by atoms with Gasteiger partial charge >= 0.3 is 0 Å². The van der Waals surface area contributed by atoms with E-state index in [2.05, 4.69) is 69.9 Å². The van der Waals surface area contributed by atoms with E-state index < -0.39 is 0 Å². The average Bonchev–Trinajstić information content (AvgIpc) is 2.78. The third kappa shape index (κ3) is 8.02. The third-order valence-corrected chi connectivity index (χ3v) is 6.90. The Bertz CT molecular complexity index is 648. The van der Waals surface area contributed by atoms with Crippen molar-refractivity contribution >= 4 is 11.4 Å². The number of hydrogen-bond acceptors (Lipinski definition) is 2. The van der Waals surface area contributed by atoms with Gasteiger partial charge in [0.15, 0.2) is 0 Å². The van der Waals surface area contributed by atoms with Crippen LogP contribution in [-0.4, -0.2) is 29.7 Å². The largest absolute Gasteiger partial charge is 0.300 e. The normalized spacial score (nSPS) is 18.0. The van der Waals surface area contributed by atoms with Crippen LogP contribution < -0.4 is 0 Å². The zero-order valence-electron chi connectivity index (χ0n) is 20.4. The summed E-state index contributed by atoms with van der Waals surface area (Å²) < 4.78 is 0. The summed E-state index contributed by atoms with van der Waals surface area (Å²) in [6.45, 7) is 13.9. The highest BCUT2D eigenvalue weighted by molar-refractivity contribution is 5.89. The number of piperidine rings is 1. The van der Waals surface area contributed by atoms with Gasteiger partial charge in [0.05, 0.1) is 5.70 Å². The number of aryl methyl sites for hydroxylation is 1. The van der Waals surface area contributed by atoms with Crippen LogP contribution in [0.2, 0.25) is 0 Å². The lowest BCUT2D eigenvalue weighted by Crippen LogP contribution is -2.40. The molecule has 1 fully saturated rings. The molecule has 1 aromatic carbocycles. The second kappa shape index (κ2) is 13.8. The third-order valence-electron chi connectivity index (χ3n) is 6.90. The van der Waals surface area contributed by atoms with E-state index in [0.29, 0.717) is 6.04 Å². The van der Waals surface area contributed by atoms with Crippen LogP contribution in [0, 0.1) is 12.8 Å². The average molecular weight is 411 g/mol. The number of benzene rings is 1. The van der Waals surface area contributed by atoms with Gasteiger partial charge in [0.25, 0.3) is 0 Å². The molecule has 0 N–H and O–H groups in total. The first-order valence-corrected chi connectivity index (χ1v) is 12.7. The van der Waals surface area contributed by atoms with Gasteiger partial charge in [-0.1, -0.05) is 82.9 Å². The zero-order valence-corrected chi connectivity index (χ0v) is 20.4. The first kappa shape index (κ1) is 24.9. The number of rotatable bonds is 12. The molecule has 0 bridgehead atoms. The van der Waals surface area contributed by atoms with Crippen molar-refractivity contribution in [3.63, 3.8) is 0 Å². The monoisotopic (exact) mass is 410 g/mol. The molecule has 0 aliphatic carbocycles. The predicted octanol–water partition coefficient (Wildman–Crippen LogP) is 8.06. The summed E-state index contributed by atoms with van der Waals surface area (Å²) >= 11 is 0. The molecule has 168 valence electrons. The van der Waals surface area contributed by atoms with E-state index in [9.17, 15) is 0 Å². The summed E-state index contributed by atoms with van der Waals surface area (Å²) in [5, 5.41) is 0. The highest BCUT2D eigenvalue weighted by Crippen LogP contribution is 2.25. The molecule has 1 aliphatic heterocycles. The Morgan fingerprint density at radius 2 is 1.77 bits per heavy atom. The van der Waals surface area contributed by atoms with Crippen molar-refractivity contribution in [2.24, 2.45) is 10.9 Å². The lowest BCUT2D eigenvalue weighted by atomic mass is 9.92. The van der Waals surface area contributed by atoms with Crippen molar-refractivity contribution in [3.8, 4) is 0 Å². The van der Waals surface area contributed by atoms with Gasteiger partial charge in [-0.15, -0.1) is 0 Å². The summed E-state index contributed by atoms with van der Waals surface area (Å²) in [6, 6.07) is 9.57. The first-order valence-electron chi connectivity index (χ1n) is 12.7. The van der Waals surface area contributed by atoms with Crippen LogP contribution in [0.4, 0.5) is 0 Å². The molecule has 0 amide bonds. The van der Waals surface area contributed by atoms with Gasteiger partial charge in [-0.05, 0) is 76.4 Å². The van der Waals surface area contributed by atoms with Gasteiger partial charge in [-0.25, -0.2) is 0 Å². The van der Waals surface area contributed by atoms with Crippen molar-refractivity contribution in [1.29, 1.82) is 0 Å². The zero-order chi connectivity index (χ0) is 21.8. The van der Waals surface area contributed by atoms with Gasteiger partial charge < -0.3 is 4.90 Å². The van der Waals surface area contributed by atoms with Gasteiger partial charge in [-0.2, -0.15) is 0 Å². The molecular formula is C28H46N2. The van der Waals surface area contributed by atoms with E-state index in [0.717, 1.165) is 25.2 Å². The summed E-state index contributed by atoms with van der Waals surface area (Å²) in [6.07, 6.45) is 14.8. The Kier molecular flexibility index (Phi) is 11.4. The Morgan fingerprint density at radius 1 is 1.07 bits per heavy atom. The van der Waals surface area contributed by atoms with Crippen LogP contribution >= 0.6 is 0 Å². The van der Waals surface area contributed by atoms with Crippen molar-refractivity contribution in [2.45, 2.75) is 105 Å². The first-order chi connectivity index (χ1) is 14.6. The molecule has 0 aromatic heterocycles. The molecule has 1 aromatic rings. The van der Waals surface area contributed by atoms with Crippen LogP contribution in [-0.2, 0) is 0 Å². The minimum Gasteiger partial charge on any atom is -0.300 e. The molecular weight excluding hydrogens is 364 g/mol. The number of nitrogens with zero attached hydrogens (tertiary/aromatic N) is 2. The Balaban J connectivity index is 2.17. The molecule has 0 radical (unpaired) electrons. The number of aliphatic imine (C=N–C) groups is 1. The lowest BCUT2D eigenvalue weighted by molar-refractivity contribution is 0.128. The van der Waals surface area contributed by atoms with Gasteiger partial charge in [-0.3, -0.25) is 4.99 Å². The lowest BCUT2D eigenvalue weighted by Gasteiger charge is -2.36. The van der Waals surface area contributed by atoms with Crippen molar-refractivity contribution < 1.29 is 0 Å². The Labute approximate surface area is 186 Å². The van der Waals surface area contributed by atoms with Crippen molar-refractivity contribution in [1.82, 2.24) is 4.90 Å². The molecule has 1 heterocycles. The van der Waals surface area contributed by atoms with Crippen LogP contribution in [0.15, 0.2) is 35.3 Å². The van der Waals surface area contributed by atoms with E-state index in [4.69, 9.17) is 4.99 Å². The molecule has 2 nitrogen and oxygen atoms in total. The Hall–Kier alpha value is -1.41. The fourth-order valence-electron chi connectivity index (χ4n) is 4.56. The molecule has 0 spiro atoms. The molecule has 0 saturated carbocycles. The van der Waals surface area contributed by atoms with Gasteiger partial charge in [0, 0.05) is 11.8 Å². The topological polar surface area (TPSA) is 15.6 Å². The molecule has 2 rings (SSSR count). The molecule has 30 heavy (non-hydrogen) atoms. The molecule has 1 aliphatic rings. The molecule has 2 heteroatoms. The minimum atomic E-state index is 0.642. The quantitative estimate of drug-likeness (QED) is 0.251. The molecule has 1 atom stereocenters. The van der Waals surface area contributed by atoms with Crippen LogP contribution in [0.25, 0.3) is 5.70 Å². The van der Waals surface area contributed by atoms with Crippen molar-refractivity contribution in [2.75, 3.05) is 13.1 Å². The highest BCUT2D eigenvalue weighted by Gasteiger charge is 2.22.